The zero-order valence-electron chi connectivity index (χ0n) is 16.2. The summed E-state index contributed by atoms with van der Waals surface area (Å²) < 4.78 is 13.2. The monoisotopic (exact) mass is 399 g/mol. The second-order valence-corrected chi connectivity index (χ2v) is 8.17. The number of ether oxygens (including phenoxy) is 2. The summed E-state index contributed by atoms with van der Waals surface area (Å²) in [5, 5.41) is 11.7. The van der Waals surface area contributed by atoms with Gasteiger partial charge in [-0.15, -0.1) is 0 Å². The highest BCUT2D eigenvalue weighted by atomic mass is 32.2. The first-order valence-corrected chi connectivity index (χ1v) is 9.52. The second kappa shape index (κ2) is 7.98. The van der Waals surface area contributed by atoms with Gasteiger partial charge in [0.1, 0.15) is 17.0 Å². The largest absolute Gasteiger partial charge is 0.497 e. The zero-order chi connectivity index (χ0) is 20.3. The van der Waals surface area contributed by atoms with Gasteiger partial charge in [0.25, 0.3) is 0 Å². The maximum Gasteiger partial charge on any atom is 0.425 e. The van der Waals surface area contributed by atoms with Crippen LogP contribution < -0.4 is 13.8 Å². The summed E-state index contributed by atoms with van der Waals surface area (Å²) in [7, 11) is 1.60. The normalized spacial score (nSPS) is 11.3. The molecular formula is C21H23N2O4S+. The highest BCUT2D eigenvalue weighted by Gasteiger charge is 2.28. The number of rotatable bonds is 4. The average Bonchev–Trinajstić information content (AvgIpc) is 2.64. The van der Waals surface area contributed by atoms with Crippen LogP contribution in [0.25, 0.3) is 10.8 Å². The molecule has 0 radical (unpaired) electrons. The Kier molecular flexibility index (Phi) is 5.65. The van der Waals surface area contributed by atoms with Gasteiger partial charge >= 0.3 is 6.09 Å². The molecule has 3 rings (SSSR count). The van der Waals surface area contributed by atoms with Crippen molar-refractivity contribution >= 4 is 34.5 Å². The molecule has 0 saturated heterocycles. The van der Waals surface area contributed by atoms with Crippen molar-refractivity contribution in [1.82, 2.24) is 0 Å². The second-order valence-electron chi connectivity index (χ2n) is 7.15. The summed E-state index contributed by atoms with van der Waals surface area (Å²) in [4.78, 5) is 13.8. The van der Waals surface area contributed by atoms with Gasteiger partial charge in [0.15, 0.2) is 0 Å². The van der Waals surface area contributed by atoms with Crippen LogP contribution in [0.1, 0.15) is 20.8 Å². The van der Waals surface area contributed by atoms with E-state index in [1.54, 1.807) is 13.3 Å². The Morgan fingerprint density at radius 2 is 1.75 bits per heavy atom. The van der Waals surface area contributed by atoms with E-state index in [9.17, 15) is 10.0 Å². The average molecular weight is 399 g/mol. The van der Waals surface area contributed by atoms with Gasteiger partial charge in [-0.1, -0.05) is 18.2 Å². The Morgan fingerprint density at radius 1 is 1.07 bits per heavy atom. The Bertz CT molecular complexity index is 984. The van der Waals surface area contributed by atoms with E-state index in [-0.39, 0.29) is 0 Å². The fraction of sp³-hybridized carbons (Fsp3) is 0.238. The van der Waals surface area contributed by atoms with Crippen LogP contribution >= 0.6 is 11.9 Å². The van der Waals surface area contributed by atoms with Gasteiger partial charge in [-0.25, -0.2) is 9.10 Å². The molecule has 0 bridgehead atoms. The molecule has 0 aliphatic carbocycles. The number of aromatic nitrogens is 1. The molecule has 1 N–H and O–H groups in total. The van der Waals surface area contributed by atoms with E-state index in [1.807, 2.05) is 69.3 Å². The van der Waals surface area contributed by atoms with Gasteiger partial charge in [0.05, 0.1) is 12.5 Å². The van der Waals surface area contributed by atoms with Gasteiger partial charge in [-0.05, 0) is 63.1 Å². The molecule has 146 valence electrons. The molecule has 0 unspecified atom stereocenters. The Hall–Kier alpha value is -2.93. The van der Waals surface area contributed by atoms with Crippen molar-refractivity contribution < 1.29 is 24.2 Å². The molecule has 3 aromatic rings. The van der Waals surface area contributed by atoms with Gasteiger partial charge in [0, 0.05) is 15.0 Å². The lowest BCUT2D eigenvalue weighted by atomic mass is 10.1. The quantitative estimate of drug-likeness (QED) is 0.387. The number of carbonyl (C=O) groups is 1. The molecule has 0 aliphatic heterocycles. The molecule has 1 heterocycles. The minimum atomic E-state index is -0.657. The molecule has 28 heavy (non-hydrogen) atoms. The first kappa shape index (κ1) is 19.8. The lowest BCUT2D eigenvalue weighted by Crippen LogP contribution is -2.35. The Labute approximate surface area is 168 Å². The molecule has 0 atom stereocenters. The van der Waals surface area contributed by atoms with E-state index < -0.39 is 11.7 Å². The third-order valence-corrected chi connectivity index (χ3v) is 4.81. The lowest BCUT2D eigenvalue weighted by Gasteiger charge is -2.26. The molecule has 6 nitrogen and oxygen atoms in total. The molecule has 2 aromatic carbocycles. The van der Waals surface area contributed by atoms with Crippen molar-refractivity contribution in [2.75, 3.05) is 11.4 Å². The van der Waals surface area contributed by atoms with Gasteiger partial charge in [0.2, 0.25) is 12.4 Å². The number of methoxy groups -OCH3 is 1. The summed E-state index contributed by atoms with van der Waals surface area (Å²) in [5.41, 5.74) is -0.133. The highest BCUT2D eigenvalue weighted by molar-refractivity contribution is 8.01. The number of carbonyl (C=O) groups excluding carboxylic acids is 1. The first-order valence-electron chi connectivity index (χ1n) is 8.75. The third kappa shape index (κ3) is 4.67. The molecule has 1 aromatic heterocycles. The number of hydrogen-bond donors (Lipinski definition) is 1. The summed E-state index contributed by atoms with van der Waals surface area (Å²) in [6.07, 6.45) is 2.55. The first-order chi connectivity index (χ1) is 13.3. The fourth-order valence-corrected chi connectivity index (χ4v) is 3.43. The van der Waals surface area contributed by atoms with Gasteiger partial charge in [-0.3, -0.25) is 5.21 Å². The van der Waals surface area contributed by atoms with E-state index in [1.165, 1.54) is 22.4 Å². The van der Waals surface area contributed by atoms with E-state index in [4.69, 9.17) is 9.47 Å². The smallest absolute Gasteiger partial charge is 0.425 e. The van der Waals surface area contributed by atoms with E-state index in [2.05, 4.69) is 0 Å². The fourth-order valence-electron chi connectivity index (χ4n) is 2.61. The van der Waals surface area contributed by atoms with Crippen LogP contribution in [0.4, 0.5) is 10.5 Å². The van der Waals surface area contributed by atoms with Crippen molar-refractivity contribution in [3.05, 3.63) is 60.9 Å². The van der Waals surface area contributed by atoms with Crippen molar-refractivity contribution in [3.63, 3.8) is 0 Å². The van der Waals surface area contributed by atoms with Gasteiger partial charge < -0.3 is 9.47 Å². The Balaban J connectivity index is 2.06. The molecule has 7 heteroatoms. The molecule has 1 amide bonds. The zero-order valence-corrected chi connectivity index (χ0v) is 17.1. The number of anilines is 1. The van der Waals surface area contributed by atoms with Crippen LogP contribution in [0, 0.1) is 0 Å². The number of hydrogen-bond acceptors (Lipinski definition) is 5. The standard InChI is InChI=1S/C21H23N2O4S/c1-21(2,3)27-20(24)23(28-17-11-9-16(26-4)10-12-17)19-14-22(25)13-15-7-5-6-8-18(15)19/h5-14,25H,1-4H3/q+1. The third-order valence-electron chi connectivity index (χ3n) is 3.80. The highest BCUT2D eigenvalue weighted by Crippen LogP contribution is 2.35. The summed E-state index contributed by atoms with van der Waals surface area (Å²) in [6, 6.07) is 14.9. The number of amides is 1. The molecule has 0 saturated carbocycles. The number of benzene rings is 2. The van der Waals surface area contributed by atoms with Crippen LogP contribution in [0.2, 0.25) is 0 Å². The summed E-state index contributed by atoms with van der Waals surface area (Å²) in [6.45, 7) is 5.45. The number of nitrogens with zero attached hydrogens (tertiary/aromatic N) is 2. The van der Waals surface area contributed by atoms with Crippen molar-refractivity contribution in [1.29, 1.82) is 0 Å². The predicted molar refractivity (Wildman–Crippen MR) is 109 cm³/mol. The predicted octanol–water partition coefficient (Wildman–Crippen LogP) is 4.82. The summed E-state index contributed by atoms with van der Waals surface area (Å²) >= 11 is 1.21. The SMILES string of the molecule is COc1ccc(SN(C(=O)OC(C)(C)C)c2c[n+](O)cc3ccccc23)cc1. The van der Waals surface area contributed by atoms with Crippen LogP contribution in [0.15, 0.2) is 65.8 Å². The maximum atomic E-state index is 13.0. The van der Waals surface area contributed by atoms with E-state index in [0.29, 0.717) is 5.69 Å². The number of pyridine rings is 1. The van der Waals surface area contributed by atoms with Crippen LogP contribution in [-0.2, 0) is 4.74 Å². The van der Waals surface area contributed by atoms with Crippen molar-refractivity contribution in [2.45, 2.75) is 31.3 Å². The van der Waals surface area contributed by atoms with E-state index in [0.717, 1.165) is 26.1 Å². The molecular weight excluding hydrogens is 376 g/mol. The summed E-state index contributed by atoms with van der Waals surface area (Å²) in [5.74, 6) is 0.728. The van der Waals surface area contributed by atoms with E-state index >= 15 is 0 Å². The minimum Gasteiger partial charge on any atom is -0.497 e. The Morgan fingerprint density at radius 3 is 2.39 bits per heavy atom. The lowest BCUT2D eigenvalue weighted by molar-refractivity contribution is -0.903. The van der Waals surface area contributed by atoms with Gasteiger partial charge in [-0.2, -0.15) is 0 Å². The topological polar surface area (TPSA) is 62.9 Å². The van der Waals surface area contributed by atoms with Crippen LogP contribution in [0.3, 0.4) is 0 Å². The number of fused-ring (bicyclic) bond motifs is 1. The molecule has 0 spiro atoms. The maximum absolute atomic E-state index is 13.0. The molecule has 0 aliphatic rings. The van der Waals surface area contributed by atoms with Crippen LogP contribution in [0.5, 0.6) is 5.75 Å². The van der Waals surface area contributed by atoms with Crippen LogP contribution in [-0.4, -0.2) is 24.0 Å². The minimum absolute atomic E-state index is 0.523. The van der Waals surface area contributed by atoms with Crippen molar-refractivity contribution in [3.8, 4) is 5.75 Å². The van der Waals surface area contributed by atoms with Crippen molar-refractivity contribution in [2.24, 2.45) is 0 Å². The molecule has 0 fully saturated rings.